The number of hydrogen-bond donors (Lipinski definition) is 1. The fourth-order valence-electron chi connectivity index (χ4n) is 4.33. The van der Waals surface area contributed by atoms with Crippen LogP contribution in [0.5, 0.6) is 5.75 Å². The molecule has 180 valence electrons. The van der Waals surface area contributed by atoms with E-state index in [1.165, 1.54) is 6.07 Å². The molecule has 1 saturated heterocycles. The molecule has 3 aromatic heterocycles. The summed E-state index contributed by atoms with van der Waals surface area (Å²) in [5.74, 6) is 0.876. The van der Waals surface area contributed by atoms with E-state index in [-0.39, 0.29) is 18.2 Å². The number of aromatic nitrogens is 4. The summed E-state index contributed by atoms with van der Waals surface area (Å²) in [4.78, 5) is 27.4. The summed E-state index contributed by atoms with van der Waals surface area (Å²) >= 11 is 0. The van der Waals surface area contributed by atoms with E-state index in [1.54, 1.807) is 30.6 Å². The van der Waals surface area contributed by atoms with Gasteiger partial charge in [-0.1, -0.05) is 18.2 Å². The Kier molecular flexibility index (Phi) is 6.02. The van der Waals surface area contributed by atoms with Gasteiger partial charge in [0.05, 0.1) is 29.8 Å². The monoisotopic (exact) mass is 478 g/mol. The van der Waals surface area contributed by atoms with Gasteiger partial charge in [0.15, 0.2) is 5.65 Å². The number of nitrogens with zero attached hydrogens (tertiary/aromatic N) is 5. The molecule has 0 spiro atoms. The minimum absolute atomic E-state index is 0.0181. The van der Waals surface area contributed by atoms with Crippen LogP contribution in [-0.2, 0) is 11.2 Å². The fourth-order valence-corrected chi connectivity index (χ4v) is 4.33. The highest BCUT2D eigenvalue weighted by atomic mass is 19.3. The molecule has 0 saturated carbocycles. The number of para-hydroxylation sites is 1. The lowest BCUT2D eigenvalue weighted by atomic mass is 10.1. The second-order valence-electron chi connectivity index (χ2n) is 8.44. The molecule has 1 N–H and O–H groups in total. The van der Waals surface area contributed by atoms with Gasteiger partial charge in [-0.15, -0.1) is 0 Å². The van der Waals surface area contributed by atoms with Crippen molar-refractivity contribution in [3.05, 3.63) is 71.4 Å². The second kappa shape index (κ2) is 9.28. The number of hydrogen-bond acceptors (Lipinski definition) is 6. The van der Waals surface area contributed by atoms with Gasteiger partial charge >= 0.3 is 6.61 Å². The maximum absolute atomic E-state index is 12.9. The second-order valence-corrected chi connectivity index (χ2v) is 8.44. The van der Waals surface area contributed by atoms with Crippen LogP contribution in [0.2, 0.25) is 0 Å². The van der Waals surface area contributed by atoms with Crippen LogP contribution in [0.1, 0.15) is 22.5 Å². The number of aryl methyl sites for hydroxylation is 2. The fraction of sp³-hybridized carbons (Fsp3) is 0.280. The highest BCUT2D eigenvalue weighted by Gasteiger charge is 2.19. The number of piperazine rings is 1. The highest BCUT2D eigenvalue weighted by molar-refractivity contribution is 5.82. The zero-order chi connectivity index (χ0) is 24.5. The van der Waals surface area contributed by atoms with Crippen molar-refractivity contribution >= 4 is 17.4 Å². The van der Waals surface area contributed by atoms with E-state index in [0.717, 1.165) is 28.3 Å². The first-order chi connectivity index (χ1) is 16.9. The summed E-state index contributed by atoms with van der Waals surface area (Å²) in [6.45, 7) is 2.55. The summed E-state index contributed by atoms with van der Waals surface area (Å²) in [6, 6.07) is 8.72. The SMILES string of the molecule is Cc1cc(N2CCNC(=O)C2)ncc1-c1cn2c(Cc3ccccc3OC(F)F)c(C)nc2cn1. The molecule has 4 aromatic rings. The molecule has 0 aliphatic carbocycles. The standard InChI is InChI=1S/C25H24F2N6O2/c1-15-9-22(32-8-7-28-24(34)14-32)30-11-18(15)19-13-33-20(16(2)31-23(33)12-29-19)10-17-5-3-4-6-21(17)35-25(26)27/h3-6,9,11-13,25H,7-8,10,14H2,1-2H3,(H,28,34). The lowest BCUT2D eigenvalue weighted by Gasteiger charge is -2.28. The van der Waals surface area contributed by atoms with Crippen molar-refractivity contribution in [3.8, 4) is 17.0 Å². The van der Waals surface area contributed by atoms with Gasteiger partial charge in [-0.2, -0.15) is 8.78 Å². The van der Waals surface area contributed by atoms with Crippen molar-refractivity contribution in [2.45, 2.75) is 26.9 Å². The number of benzene rings is 1. The minimum Gasteiger partial charge on any atom is -0.435 e. The zero-order valence-electron chi connectivity index (χ0n) is 19.3. The summed E-state index contributed by atoms with van der Waals surface area (Å²) in [5.41, 5.74) is 5.48. The molecule has 0 bridgehead atoms. The first-order valence-electron chi connectivity index (χ1n) is 11.2. The number of ether oxygens (including phenoxy) is 1. The molecule has 5 rings (SSSR count). The molecule has 0 atom stereocenters. The van der Waals surface area contributed by atoms with Crippen molar-refractivity contribution in [3.63, 3.8) is 0 Å². The van der Waals surface area contributed by atoms with Crippen LogP contribution in [0.25, 0.3) is 16.9 Å². The molecule has 1 aliphatic rings. The summed E-state index contributed by atoms with van der Waals surface area (Å²) in [6.07, 6.45) is 5.71. The highest BCUT2D eigenvalue weighted by Crippen LogP contribution is 2.28. The Morgan fingerprint density at radius 1 is 1.17 bits per heavy atom. The van der Waals surface area contributed by atoms with Crippen LogP contribution in [0.15, 0.2) is 48.9 Å². The van der Waals surface area contributed by atoms with Crippen molar-refractivity contribution in [2.75, 3.05) is 24.5 Å². The number of nitrogens with one attached hydrogen (secondary N) is 1. The molecule has 10 heteroatoms. The average Bonchev–Trinajstić information content (AvgIpc) is 3.14. The topological polar surface area (TPSA) is 84.7 Å². The molecule has 1 fully saturated rings. The number of alkyl halides is 2. The summed E-state index contributed by atoms with van der Waals surface area (Å²) in [7, 11) is 0. The number of pyridine rings is 1. The molecule has 1 aliphatic heterocycles. The Hall–Kier alpha value is -4.08. The number of halogens is 2. The van der Waals surface area contributed by atoms with E-state index in [2.05, 4.69) is 20.3 Å². The third kappa shape index (κ3) is 4.64. The van der Waals surface area contributed by atoms with Crippen molar-refractivity contribution < 1.29 is 18.3 Å². The smallest absolute Gasteiger partial charge is 0.387 e. The third-order valence-electron chi connectivity index (χ3n) is 6.09. The van der Waals surface area contributed by atoms with Crippen LogP contribution in [0, 0.1) is 13.8 Å². The number of carbonyl (C=O) groups excluding carboxylic acids is 1. The first-order valence-corrected chi connectivity index (χ1v) is 11.2. The van der Waals surface area contributed by atoms with Gasteiger partial charge in [-0.25, -0.2) is 9.97 Å². The first kappa shape index (κ1) is 22.7. The van der Waals surface area contributed by atoms with Gasteiger partial charge in [0.25, 0.3) is 0 Å². The largest absolute Gasteiger partial charge is 0.435 e. The van der Waals surface area contributed by atoms with Gasteiger partial charge in [0.2, 0.25) is 5.91 Å². The van der Waals surface area contributed by atoms with Crippen LogP contribution in [0.3, 0.4) is 0 Å². The van der Waals surface area contributed by atoms with Crippen molar-refractivity contribution in [1.29, 1.82) is 0 Å². The van der Waals surface area contributed by atoms with Gasteiger partial charge in [0, 0.05) is 43.0 Å². The van der Waals surface area contributed by atoms with E-state index >= 15 is 0 Å². The maximum atomic E-state index is 12.9. The Labute approximate surface area is 200 Å². The average molecular weight is 479 g/mol. The van der Waals surface area contributed by atoms with Crippen molar-refractivity contribution in [1.82, 2.24) is 24.7 Å². The number of fused-ring (bicyclic) bond motifs is 1. The summed E-state index contributed by atoms with van der Waals surface area (Å²) < 4.78 is 32.4. The van der Waals surface area contributed by atoms with Crippen molar-refractivity contribution in [2.24, 2.45) is 0 Å². The van der Waals surface area contributed by atoms with Crippen LogP contribution in [-0.4, -0.2) is 51.5 Å². The molecular formula is C25H24F2N6O2. The van der Waals surface area contributed by atoms with Crippen LogP contribution < -0.4 is 15.0 Å². The number of anilines is 1. The molecule has 4 heterocycles. The zero-order valence-corrected chi connectivity index (χ0v) is 19.3. The molecule has 0 radical (unpaired) electrons. The lowest BCUT2D eigenvalue weighted by Crippen LogP contribution is -2.48. The normalized spacial score (nSPS) is 14.0. The number of carbonyl (C=O) groups is 1. The van der Waals surface area contributed by atoms with Crippen LogP contribution >= 0.6 is 0 Å². The predicted octanol–water partition coefficient (Wildman–Crippen LogP) is 3.54. The molecule has 0 unspecified atom stereocenters. The van der Waals surface area contributed by atoms with Crippen LogP contribution in [0.4, 0.5) is 14.6 Å². The van der Waals surface area contributed by atoms with E-state index in [0.29, 0.717) is 36.4 Å². The van der Waals surface area contributed by atoms with Gasteiger partial charge in [-0.05, 0) is 31.5 Å². The maximum Gasteiger partial charge on any atom is 0.387 e. The molecule has 35 heavy (non-hydrogen) atoms. The Morgan fingerprint density at radius 3 is 2.77 bits per heavy atom. The van der Waals surface area contributed by atoms with Gasteiger partial charge in [0.1, 0.15) is 11.6 Å². The number of imidazole rings is 1. The number of rotatable bonds is 6. The van der Waals surface area contributed by atoms with E-state index in [9.17, 15) is 13.6 Å². The minimum atomic E-state index is -2.90. The quantitative estimate of drug-likeness (QED) is 0.457. The van der Waals surface area contributed by atoms with Gasteiger partial charge < -0.3 is 15.0 Å². The Morgan fingerprint density at radius 2 is 2.00 bits per heavy atom. The van der Waals surface area contributed by atoms with Gasteiger partial charge in [-0.3, -0.25) is 14.2 Å². The van der Waals surface area contributed by atoms with E-state index in [1.807, 2.05) is 35.4 Å². The summed E-state index contributed by atoms with van der Waals surface area (Å²) in [5, 5.41) is 2.82. The molecule has 1 amide bonds. The third-order valence-corrected chi connectivity index (χ3v) is 6.09. The molecule has 1 aromatic carbocycles. The molecular weight excluding hydrogens is 454 g/mol. The predicted molar refractivity (Wildman–Crippen MR) is 127 cm³/mol. The number of amides is 1. The molecule has 8 nitrogen and oxygen atoms in total. The Bertz CT molecular complexity index is 1400. The Balaban J connectivity index is 1.49. The van der Waals surface area contributed by atoms with E-state index < -0.39 is 6.61 Å². The lowest BCUT2D eigenvalue weighted by molar-refractivity contribution is -0.120. The van der Waals surface area contributed by atoms with E-state index in [4.69, 9.17) is 4.74 Å².